The van der Waals surface area contributed by atoms with Gasteiger partial charge < -0.3 is 20.1 Å². The van der Waals surface area contributed by atoms with Gasteiger partial charge >= 0.3 is 0 Å². The summed E-state index contributed by atoms with van der Waals surface area (Å²) in [5, 5.41) is 0. The highest BCUT2D eigenvalue weighted by atomic mass is 16.5. The van der Waals surface area contributed by atoms with Crippen LogP contribution < -0.4 is 15.2 Å². The quantitative estimate of drug-likeness (QED) is 0.812. The van der Waals surface area contributed by atoms with E-state index in [9.17, 15) is 0 Å². The average molecular weight is 236 g/mol. The Bertz CT molecular complexity index is 382. The Hall–Kier alpha value is -1.42. The Morgan fingerprint density at radius 2 is 2.18 bits per heavy atom. The number of anilines is 1. The molecule has 1 saturated heterocycles. The van der Waals surface area contributed by atoms with Crippen LogP contribution in [0, 0.1) is 0 Å². The maximum atomic E-state index is 5.98. The van der Waals surface area contributed by atoms with Gasteiger partial charge in [-0.05, 0) is 38.6 Å². The summed E-state index contributed by atoms with van der Waals surface area (Å²) >= 11 is 0. The van der Waals surface area contributed by atoms with Crippen LogP contribution in [0.3, 0.4) is 0 Å². The van der Waals surface area contributed by atoms with Crippen LogP contribution in [0.1, 0.15) is 12.8 Å². The van der Waals surface area contributed by atoms with Crippen LogP contribution in [0.2, 0.25) is 0 Å². The highest BCUT2D eigenvalue weighted by molar-refractivity contribution is 5.52. The first kappa shape index (κ1) is 12.0. The number of nitrogens with zero attached hydrogens (tertiary/aromatic N) is 1. The first-order valence-corrected chi connectivity index (χ1v) is 5.98. The molecule has 4 heteroatoms. The number of hydrogen-bond donors (Lipinski definition) is 1. The molecule has 0 aromatic heterocycles. The summed E-state index contributed by atoms with van der Waals surface area (Å²) in [6.45, 7) is 2.10. The van der Waals surface area contributed by atoms with Gasteiger partial charge in [-0.15, -0.1) is 0 Å². The van der Waals surface area contributed by atoms with E-state index in [4.69, 9.17) is 15.2 Å². The van der Waals surface area contributed by atoms with Gasteiger partial charge in [0.05, 0.1) is 7.11 Å². The number of nitrogens with two attached hydrogens (primary N) is 1. The lowest BCUT2D eigenvalue weighted by Crippen LogP contribution is -2.38. The molecule has 0 spiro atoms. The van der Waals surface area contributed by atoms with Gasteiger partial charge in [-0.1, -0.05) is 0 Å². The third-order valence-electron chi connectivity index (χ3n) is 3.06. The molecule has 0 radical (unpaired) electrons. The molecule has 4 nitrogen and oxygen atoms in total. The molecule has 17 heavy (non-hydrogen) atoms. The van der Waals surface area contributed by atoms with Crippen LogP contribution >= 0.6 is 0 Å². The van der Waals surface area contributed by atoms with Gasteiger partial charge in [0, 0.05) is 18.3 Å². The number of likely N-dealkylation sites (tertiary alicyclic amines) is 1. The molecule has 2 rings (SSSR count). The lowest BCUT2D eigenvalue weighted by molar-refractivity contribution is 0.101. The van der Waals surface area contributed by atoms with Gasteiger partial charge in [-0.25, -0.2) is 0 Å². The number of benzene rings is 1. The van der Waals surface area contributed by atoms with E-state index >= 15 is 0 Å². The van der Waals surface area contributed by atoms with Crippen molar-refractivity contribution in [2.45, 2.75) is 18.9 Å². The Morgan fingerprint density at radius 1 is 1.35 bits per heavy atom. The lowest BCUT2D eigenvalue weighted by Gasteiger charge is -2.30. The second kappa shape index (κ2) is 5.27. The van der Waals surface area contributed by atoms with Gasteiger partial charge in [0.15, 0.2) is 11.5 Å². The number of nitrogen functional groups attached to an aromatic ring is 1. The molecule has 94 valence electrons. The summed E-state index contributed by atoms with van der Waals surface area (Å²) in [7, 11) is 3.76. The molecule has 0 saturated carbocycles. The summed E-state index contributed by atoms with van der Waals surface area (Å²) in [5.41, 5.74) is 6.47. The molecular weight excluding hydrogens is 216 g/mol. The van der Waals surface area contributed by atoms with E-state index in [1.165, 1.54) is 6.42 Å². The van der Waals surface area contributed by atoms with E-state index in [-0.39, 0.29) is 6.10 Å². The Kier molecular flexibility index (Phi) is 3.74. The fourth-order valence-corrected chi connectivity index (χ4v) is 2.18. The van der Waals surface area contributed by atoms with Gasteiger partial charge in [0.1, 0.15) is 6.10 Å². The molecule has 1 aromatic carbocycles. The van der Waals surface area contributed by atoms with E-state index in [1.54, 1.807) is 7.11 Å². The third kappa shape index (κ3) is 3.03. The molecule has 0 bridgehead atoms. The van der Waals surface area contributed by atoms with Gasteiger partial charge in [-0.3, -0.25) is 0 Å². The second-order valence-electron chi connectivity index (χ2n) is 4.55. The van der Waals surface area contributed by atoms with Crippen molar-refractivity contribution in [3.8, 4) is 11.5 Å². The highest BCUT2D eigenvalue weighted by Crippen LogP contribution is 2.31. The SMILES string of the molecule is COc1ccc(N)cc1OC1CCCN(C)C1. The van der Waals surface area contributed by atoms with Gasteiger partial charge in [-0.2, -0.15) is 0 Å². The van der Waals surface area contributed by atoms with Crippen molar-refractivity contribution >= 4 is 5.69 Å². The first-order valence-electron chi connectivity index (χ1n) is 5.98. The van der Waals surface area contributed by atoms with Crippen LogP contribution in [0.4, 0.5) is 5.69 Å². The Balaban J connectivity index is 2.08. The molecule has 1 aliphatic heterocycles. The van der Waals surface area contributed by atoms with Gasteiger partial charge in [0.2, 0.25) is 0 Å². The zero-order valence-electron chi connectivity index (χ0n) is 10.5. The molecule has 2 N–H and O–H groups in total. The molecule has 0 amide bonds. The molecule has 1 heterocycles. The monoisotopic (exact) mass is 236 g/mol. The van der Waals surface area contributed by atoms with Crippen LogP contribution in [-0.4, -0.2) is 38.3 Å². The number of methoxy groups -OCH3 is 1. The summed E-state index contributed by atoms with van der Waals surface area (Å²) < 4.78 is 11.3. The van der Waals surface area contributed by atoms with Crippen LogP contribution in [-0.2, 0) is 0 Å². The molecule has 0 aliphatic carbocycles. The fourth-order valence-electron chi connectivity index (χ4n) is 2.18. The highest BCUT2D eigenvalue weighted by Gasteiger charge is 2.19. The third-order valence-corrected chi connectivity index (χ3v) is 3.06. The van der Waals surface area contributed by atoms with Crippen molar-refractivity contribution in [3.05, 3.63) is 18.2 Å². The second-order valence-corrected chi connectivity index (χ2v) is 4.55. The van der Waals surface area contributed by atoms with Crippen molar-refractivity contribution in [3.63, 3.8) is 0 Å². The van der Waals surface area contributed by atoms with Gasteiger partial charge in [0.25, 0.3) is 0 Å². The lowest BCUT2D eigenvalue weighted by atomic mass is 10.1. The minimum Gasteiger partial charge on any atom is -0.493 e. The van der Waals surface area contributed by atoms with Crippen molar-refractivity contribution in [2.24, 2.45) is 0 Å². The zero-order valence-corrected chi connectivity index (χ0v) is 10.5. The predicted molar refractivity (Wildman–Crippen MR) is 68.6 cm³/mol. The number of likely N-dealkylation sites (N-methyl/N-ethyl adjacent to an activating group) is 1. The largest absolute Gasteiger partial charge is 0.493 e. The normalized spacial score (nSPS) is 21.2. The molecule has 1 atom stereocenters. The van der Waals surface area contributed by atoms with Crippen molar-refractivity contribution in [2.75, 3.05) is 33.0 Å². The number of ether oxygens (including phenoxy) is 2. The van der Waals surface area contributed by atoms with Crippen molar-refractivity contribution < 1.29 is 9.47 Å². The zero-order chi connectivity index (χ0) is 12.3. The molecular formula is C13H20N2O2. The first-order chi connectivity index (χ1) is 8.19. The maximum absolute atomic E-state index is 5.98. The van der Waals surface area contributed by atoms with E-state index in [1.807, 2.05) is 18.2 Å². The van der Waals surface area contributed by atoms with Crippen LogP contribution in [0.15, 0.2) is 18.2 Å². The number of rotatable bonds is 3. The summed E-state index contributed by atoms with van der Waals surface area (Å²) in [4.78, 5) is 2.28. The van der Waals surface area contributed by atoms with Crippen LogP contribution in [0.5, 0.6) is 11.5 Å². The molecule has 1 aliphatic rings. The van der Waals surface area contributed by atoms with Crippen molar-refractivity contribution in [1.82, 2.24) is 4.90 Å². The molecule has 1 aromatic rings. The van der Waals surface area contributed by atoms with E-state index < -0.39 is 0 Å². The topological polar surface area (TPSA) is 47.7 Å². The predicted octanol–water partition coefficient (Wildman–Crippen LogP) is 1.75. The smallest absolute Gasteiger partial charge is 0.163 e. The minimum atomic E-state index is 0.226. The molecule has 1 unspecified atom stereocenters. The minimum absolute atomic E-state index is 0.226. The molecule has 1 fully saturated rings. The maximum Gasteiger partial charge on any atom is 0.163 e. The summed E-state index contributed by atoms with van der Waals surface area (Å²) in [5.74, 6) is 1.49. The fraction of sp³-hybridized carbons (Fsp3) is 0.538. The Labute approximate surface area is 102 Å². The Morgan fingerprint density at radius 3 is 2.88 bits per heavy atom. The van der Waals surface area contributed by atoms with E-state index in [0.29, 0.717) is 5.69 Å². The summed E-state index contributed by atoms with van der Waals surface area (Å²) in [6, 6.07) is 5.49. The number of hydrogen-bond acceptors (Lipinski definition) is 4. The summed E-state index contributed by atoms with van der Waals surface area (Å²) in [6.07, 6.45) is 2.48. The van der Waals surface area contributed by atoms with E-state index in [0.717, 1.165) is 31.0 Å². The average Bonchev–Trinajstić information content (AvgIpc) is 2.29. The van der Waals surface area contributed by atoms with Crippen LogP contribution in [0.25, 0.3) is 0 Å². The van der Waals surface area contributed by atoms with E-state index in [2.05, 4.69) is 11.9 Å². The number of piperidine rings is 1. The standard InChI is InChI=1S/C13H20N2O2/c1-15-7-3-4-11(9-15)17-13-8-10(14)5-6-12(13)16-2/h5-6,8,11H,3-4,7,9,14H2,1-2H3. The van der Waals surface area contributed by atoms with Crippen molar-refractivity contribution in [1.29, 1.82) is 0 Å².